The van der Waals surface area contributed by atoms with Crippen molar-refractivity contribution in [2.45, 2.75) is 19.4 Å². The predicted molar refractivity (Wildman–Crippen MR) is 60.2 cm³/mol. The van der Waals surface area contributed by atoms with E-state index < -0.39 is 9.84 Å². The highest BCUT2D eigenvalue weighted by atomic mass is 32.2. The molecule has 80 valence electrons. The lowest BCUT2D eigenvalue weighted by atomic mass is 10.3. The molecule has 0 aromatic carbocycles. The van der Waals surface area contributed by atoms with Gasteiger partial charge in [-0.15, -0.1) is 0 Å². The maximum atomic E-state index is 10.8. The molecular formula is C8H19NO2S2. The zero-order valence-electron chi connectivity index (χ0n) is 8.54. The van der Waals surface area contributed by atoms with Gasteiger partial charge in [0.2, 0.25) is 0 Å². The van der Waals surface area contributed by atoms with E-state index >= 15 is 0 Å². The Balaban J connectivity index is 3.27. The maximum absolute atomic E-state index is 10.8. The Bertz CT molecular complexity index is 214. The zero-order valence-corrected chi connectivity index (χ0v) is 10.2. The van der Waals surface area contributed by atoms with Gasteiger partial charge in [0.15, 0.2) is 0 Å². The summed E-state index contributed by atoms with van der Waals surface area (Å²) in [5.74, 6) is 2.04. The summed E-state index contributed by atoms with van der Waals surface area (Å²) in [5, 5.41) is 3.14. The number of sulfone groups is 1. The van der Waals surface area contributed by atoms with Gasteiger partial charge in [-0.25, -0.2) is 8.42 Å². The van der Waals surface area contributed by atoms with E-state index in [1.807, 2.05) is 7.05 Å². The molecule has 0 aliphatic heterocycles. The van der Waals surface area contributed by atoms with E-state index in [0.29, 0.717) is 11.8 Å². The Morgan fingerprint density at radius 1 is 1.38 bits per heavy atom. The van der Waals surface area contributed by atoms with Crippen LogP contribution in [-0.2, 0) is 9.84 Å². The van der Waals surface area contributed by atoms with Gasteiger partial charge in [0.05, 0.1) is 5.75 Å². The van der Waals surface area contributed by atoms with Crippen molar-refractivity contribution in [2.24, 2.45) is 0 Å². The molecule has 0 aromatic rings. The summed E-state index contributed by atoms with van der Waals surface area (Å²) in [6.45, 7) is 2.12. The third-order valence-corrected chi connectivity index (χ3v) is 4.01. The van der Waals surface area contributed by atoms with Crippen LogP contribution in [0.5, 0.6) is 0 Å². The van der Waals surface area contributed by atoms with Gasteiger partial charge in [-0.1, -0.05) is 0 Å². The minimum Gasteiger partial charge on any atom is -0.317 e. The predicted octanol–water partition coefficient (Wildman–Crippen LogP) is 0.762. The van der Waals surface area contributed by atoms with E-state index in [4.69, 9.17) is 0 Å². The molecule has 0 saturated heterocycles. The summed E-state index contributed by atoms with van der Waals surface area (Å²) in [6, 6.07) is 0.519. The lowest BCUT2D eigenvalue weighted by molar-refractivity contribution is 0.597. The second-order valence-corrected chi connectivity index (χ2v) is 6.71. The van der Waals surface area contributed by atoms with Gasteiger partial charge >= 0.3 is 0 Å². The first kappa shape index (κ1) is 13.3. The van der Waals surface area contributed by atoms with Crippen molar-refractivity contribution in [3.05, 3.63) is 0 Å². The fourth-order valence-electron chi connectivity index (χ4n) is 0.717. The van der Waals surface area contributed by atoms with Crippen molar-refractivity contribution < 1.29 is 8.42 Å². The highest BCUT2D eigenvalue weighted by Gasteiger charge is 2.02. The molecule has 0 aromatic heterocycles. The fraction of sp³-hybridized carbons (Fsp3) is 1.00. The minimum atomic E-state index is -2.77. The van der Waals surface area contributed by atoms with E-state index in [2.05, 4.69) is 12.2 Å². The zero-order chi connectivity index (χ0) is 10.3. The average molecular weight is 225 g/mol. The highest BCUT2D eigenvalue weighted by molar-refractivity contribution is 8.00. The molecule has 0 saturated carbocycles. The number of rotatable bonds is 7. The van der Waals surface area contributed by atoms with Crippen LogP contribution in [0, 0.1) is 0 Å². The Morgan fingerprint density at radius 3 is 2.46 bits per heavy atom. The van der Waals surface area contributed by atoms with Crippen LogP contribution in [0.2, 0.25) is 0 Å². The lowest BCUT2D eigenvalue weighted by Crippen LogP contribution is -2.21. The van der Waals surface area contributed by atoms with Crippen LogP contribution in [0.3, 0.4) is 0 Å². The first-order valence-corrected chi connectivity index (χ1v) is 7.60. The van der Waals surface area contributed by atoms with Crippen LogP contribution < -0.4 is 5.32 Å². The van der Waals surface area contributed by atoms with E-state index in [1.54, 1.807) is 11.8 Å². The van der Waals surface area contributed by atoms with Gasteiger partial charge < -0.3 is 5.32 Å². The molecule has 0 amide bonds. The molecule has 3 nitrogen and oxygen atoms in total. The first-order valence-electron chi connectivity index (χ1n) is 4.38. The SMILES string of the molecule is CNC(C)CCSCCS(C)(=O)=O. The van der Waals surface area contributed by atoms with Crippen LogP contribution in [0.25, 0.3) is 0 Å². The van der Waals surface area contributed by atoms with Crippen LogP contribution >= 0.6 is 11.8 Å². The van der Waals surface area contributed by atoms with E-state index in [0.717, 1.165) is 17.9 Å². The van der Waals surface area contributed by atoms with Gasteiger partial charge in [-0.3, -0.25) is 0 Å². The molecule has 0 radical (unpaired) electrons. The Labute approximate surface area is 85.6 Å². The number of hydrogen-bond donors (Lipinski definition) is 1. The molecule has 0 aliphatic rings. The normalized spacial score (nSPS) is 14.4. The summed E-state index contributed by atoms with van der Waals surface area (Å²) in [7, 11) is -0.831. The second kappa shape index (κ2) is 6.68. The average Bonchev–Trinajstić information content (AvgIpc) is 2.01. The molecule has 1 unspecified atom stereocenters. The molecule has 0 fully saturated rings. The van der Waals surface area contributed by atoms with Crippen LogP contribution in [-0.4, -0.2) is 45.0 Å². The van der Waals surface area contributed by atoms with E-state index in [-0.39, 0.29) is 0 Å². The van der Waals surface area contributed by atoms with Gasteiger partial charge in [-0.2, -0.15) is 11.8 Å². The van der Waals surface area contributed by atoms with Gasteiger partial charge in [0, 0.05) is 18.1 Å². The highest BCUT2D eigenvalue weighted by Crippen LogP contribution is 2.05. The maximum Gasteiger partial charge on any atom is 0.148 e. The third-order valence-electron chi connectivity index (χ3n) is 1.79. The van der Waals surface area contributed by atoms with Gasteiger partial charge in [0.25, 0.3) is 0 Å². The molecule has 0 heterocycles. The summed E-state index contributed by atoms with van der Waals surface area (Å²) in [5.41, 5.74) is 0. The van der Waals surface area contributed by atoms with Crippen LogP contribution in [0.4, 0.5) is 0 Å². The number of nitrogens with one attached hydrogen (secondary N) is 1. The summed E-state index contributed by atoms with van der Waals surface area (Å²) >= 11 is 1.70. The Kier molecular flexibility index (Phi) is 6.81. The molecule has 0 aliphatic carbocycles. The standard InChI is InChI=1S/C8H19NO2S2/c1-8(9-2)4-5-12-6-7-13(3,10)11/h8-9H,4-7H2,1-3H3. The number of thioether (sulfide) groups is 1. The summed E-state index contributed by atoms with van der Waals surface area (Å²) < 4.78 is 21.5. The fourth-order valence-corrected chi connectivity index (χ4v) is 3.12. The van der Waals surface area contributed by atoms with Gasteiger partial charge in [-0.05, 0) is 26.1 Å². The quantitative estimate of drug-likeness (QED) is 0.650. The van der Waals surface area contributed by atoms with Crippen molar-refractivity contribution in [2.75, 3.05) is 30.6 Å². The van der Waals surface area contributed by atoms with Crippen molar-refractivity contribution in [3.8, 4) is 0 Å². The second-order valence-electron chi connectivity index (χ2n) is 3.22. The number of hydrogen-bond acceptors (Lipinski definition) is 4. The van der Waals surface area contributed by atoms with Crippen molar-refractivity contribution in [1.82, 2.24) is 5.32 Å². The smallest absolute Gasteiger partial charge is 0.148 e. The minimum absolute atomic E-state index is 0.297. The van der Waals surface area contributed by atoms with Gasteiger partial charge in [0.1, 0.15) is 9.84 Å². The lowest BCUT2D eigenvalue weighted by Gasteiger charge is -2.08. The topological polar surface area (TPSA) is 46.2 Å². The van der Waals surface area contributed by atoms with Crippen molar-refractivity contribution >= 4 is 21.6 Å². The molecular weight excluding hydrogens is 206 g/mol. The molecule has 1 atom stereocenters. The largest absolute Gasteiger partial charge is 0.317 e. The Morgan fingerprint density at radius 2 is 2.00 bits per heavy atom. The molecule has 0 bridgehead atoms. The van der Waals surface area contributed by atoms with E-state index in [9.17, 15) is 8.42 Å². The third kappa shape index (κ3) is 10.2. The van der Waals surface area contributed by atoms with E-state index in [1.165, 1.54) is 6.26 Å². The van der Waals surface area contributed by atoms with Crippen LogP contribution in [0.15, 0.2) is 0 Å². The summed E-state index contributed by atoms with van der Waals surface area (Å²) in [6.07, 6.45) is 2.37. The molecule has 5 heteroatoms. The molecule has 0 spiro atoms. The van der Waals surface area contributed by atoms with Crippen molar-refractivity contribution in [1.29, 1.82) is 0 Å². The summed E-state index contributed by atoms with van der Waals surface area (Å²) in [4.78, 5) is 0. The van der Waals surface area contributed by atoms with Crippen molar-refractivity contribution in [3.63, 3.8) is 0 Å². The molecule has 13 heavy (non-hydrogen) atoms. The Hall–Kier alpha value is 0.260. The molecule has 0 rings (SSSR count). The van der Waals surface area contributed by atoms with Crippen LogP contribution in [0.1, 0.15) is 13.3 Å². The molecule has 1 N–H and O–H groups in total. The monoisotopic (exact) mass is 225 g/mol. The first-order chi connectivity index (χ1) is 5.95.